The van der Waals surface area contributed by atoms with E-state index in [1.807, 2.05) is 26.1 Å². The monoisotopic (exact) mass is 299 g/mol. The van der Waals surface area contributed by atoms with Gasteiger partial charge in [0.1, 0.15) is 0 Å². The van der Waals surface area contributed by atoms with Crippen LogP contribution in [0.2, 0.25) is 0 Å². The summed E-state index contributed by atoms with van der Waals surface area (Å²) in [6, 6.07) is 6.98. The predicted molar refractivity (Wildman–Crippen MR) is 81.6 cm³/mol. The van der Waals surface area contributed by atoms with Gasteiger partial charge in [-0.25, -0.2) is 8.42 Å². The Morgan fingerprint density at radius 2 is 1.80 bits per heavy atom. The van der Waals surface area contributed by atoms with Crippen LogP contribution in [0.4, 0.5) is 0 Å². The molecule has 0 radical (unpaired) electrons. The Bertz CT molecular complexity index is 494. The summed E-state index contributed by atoms with van der Waals surface area (Å²) in [7, 11) is -1.23. The fourth-order valence-electron chi connectivity index (χ4n) is 1.91. The molecule has 0 heterocycles. The molecule has 5 heteroatoms. The quantitative estimate of drug-likeness (QED) is 0.796. The zero-order valence-electron chi connectivity index (χ0n) is 12.5. The highest BCUT2D eigenvalue weighted by Crippen LogP contribution is 2.13. The lowest BCUT2D eigenvalue weighted by Crippen LogP contribution is -2.25. The van der Waals surface area contributed by atoms with Crippen molar-refractivity contribution in [3.05, 3.63) is 29.8 Å². The number of nitrogens with zero attached hydrogens (tertiary/aromatic N) is 1. The van der Waals surface area contributed by atoms with Crippen LogP contribution in [0.5, 0.6) is 0 Å². The lowest BCUT2D eigenvalue weighted by molar-refractivity contribution is 0.164. The van der Waals surface area contributed by atoms with Gasteiger partial charge in [0.15, 0.2) is 9.84 Å². The third-order valence-corrected chi connectivity index (χ3v) is 5.08. The fourth-order valence-corrected chi connectivity index (χ4v) is 3.20. The number of aliphatic hydroxyl groups excluding tert-OH is 1. The smallest absolute Gasteiger partial charge is 0.178 e. The van der Waals surface area contributed by atoms with Crippen molar-refractivity contribution in [2.45, 2.75) is 37.7 Å². The molecule has 0 saturated carbocycles. The minimum Gasteiger partial charge on any atom is -0.393 e. The molecule has 0 spiro atoms. The van der Waals surface area contributed by atoms with Crippen LogP contribution in [0, 0.1) is 6.92 Å². The maximum absolute atomic E-state index is 12.1. The normalized spacial score (nSPS) is 13.7. The summed E-state index contributed by atoms with van der Waals surface area (Å²) in [5, 5.41) is 9.20. The molecule has 0 aliphatic rings. The van der Waals surface area contributed by atoms with E-state index in [2.05, 4.69) is 4.90 Å². The zero-order chi connectivity index (χ0) is 15.2. The first-order valence-corrected chi connectivity index (χ1v) is 8.62. The average molecular weight is 299 g/mol. The van der Waals surface area contributed by atoms with Crippen molar-refractivity contribution in [2.75, 3.05) is 25.9 Å². The van der Waals surface area contributed by atoms with Crippen molar-refractivity contribution in [2.24, 2.45) is 0 Å². The van der Waals surface area contributed by atoms with E-state index in [4.69, 9.17) is 0 Å². The number of sulfone groups is 1. The number of aliphatic hydroxyl groups is 1. The lowest BCUT2D eigenvalue weighted by Gasteiger charge is -2.17. The number of hydrogen-bond donors (Lipinski definition) is 1. The number of hydrogen-bond acceptors (Lipinski definition) is 4. The van der Waals surface area contributed by atoms with E-state index < -0.39 is 9.84 Å². The van der Waals surface area contributed by atoms with Crippen LogP contribution in [0.25, 0.3) is 0 Å². The van der Waals surface area contributed by atoms with Crippen LogP contribution >= 0.6 is 0 Å². The molecular formula is C15H25NO3S. The van der Waals surface area contributed by atoms with Crippen LogP contribution in [-0.4, -0.2) is 50.4 Å². The van der Waals surface area contributed by atoms with Gasteiger partial charge in [0.25, 0.3) is 0 Å². The molecule has 0 aromatic heterocycles. The minimum absolute atomic E-state index is 0.162. The van der Waals surface area contributed by atoms with E-state index in [1.165, 1.54) is 0 Å². The van der Waals surface area contributed by atoms with E-state index in [0.29, 0.717) is 17.7 Å². The van der Waals surface area contributed by atoms with Crippen molar-refractivity contribution in [1.82, 2.24) is 4.90 Å². The van der Waals surface area contributed by atoms with Gasteiger partial charge in [-0.15, -0.1) is 0 Å². The van der Waals surface area contributed by atoms with E-state index in [9.17, 15) is 13.5 Å². The van der Waals surface area contributed by atoms with Gasteiger partial charge in [-0.2, -0.15) is 0 Å². The van der Waals surface area contributed by atoms with Crippen molar-refractivity contribution < 1.29 is 13.5 Å². The molecule has 0 aliphatic carbocycles. The van der Waals surface area contributed by atoms with Gasteiger partial charge < -0.3 is 10.0 Å². The van der Waals surface area contributed by atoms with Gasteiger partial charge in [0, 0.05) is 6.54 Å². The predicted octanol–water partition coefficient (Wildman–Crippen LogP) is 1.86. The Morgan fingerprint density at radius 3 is 2.35 bits per heavy atom. The highest BCUT2D eigenvalue weighted by atomic mass is 32.2. The van der Waals surface area contributed by atoms with Gasteiger partial charge in [-0.05, 0) is 52.4 Å². The molecule has 0 fully saturated rings. The summed E-state index contributed by atoms with van der Waals surface area (Å²) >= 11 is 0. The van der Waals surface area contributed by atoms with Crippen molar-refractivity contribution in [3.63, 3.8) is 0 Å². The third-order valence-electron chi connectivity index (χ3n) is 3.26. The Morgan fingerprint density at radius 1 is 1.20 bits per heavy atom. The summed E-state index contributed by atoms with van der Waals surface area (Å²) in [4.78, 5) is 2.45. The van der Waals surface area contributed by atoms with E-state index >= 15 is 0 Å². The molecule has 0 saturated heterocycles. The molecule has 1 unspecified atom stereocenters. The SMILES string of the molecule is Cc1ccc(S(=O)(=O)CCCN(C)CCC(C)O)cc1. The Hall–Kier alpha value is -0.910. The summed E-state index contributed by atoms with van der Waals surface area (Å²) < 4.78 is 24.3. The zero-order valence-corrected chi connectivity index (χ0v) is 13.4. The van der Waals surface area contributed by atoms with E-state index in [1.54, 1.807) is 19.1 Å². The van der Waals surface area contributed by atoms with Crippen LogP contribution in [0.1, 0.15) is 25.3 Å². The second kappa shape index (κ2) is 7.76. The molecule has 1 aromatic carbocycles. The molecule has 114 valence electrons. The molecule has 1 N–H and O–H groups in total. The first-order valence-electron chi connectivity index (χ1n) is 6.97. The molecule has 20 heavy (non-hydrogen) atoms. The van der Waals surface area contributed by atoms with Crippen LogP contribution in [-0.2, 0) is 9.84 Å². The van der Waals surface area contributed by atoms with Gasteiger partial charge in [-0.3, -0.25) is 0 Å². The van der Waals surface area contributed by atoms with Crippen molar-refractivity contribution in [1.29, 1.82) is 0 Å². The largest absolute Gasteiger partial charge is 0.393 e. The van der Waals surface area contributed by atoms with Crippen molar-refractivity contribution in [3.8, 4) is 0 Å². The highest BCUT2D eigenvalue weighted by molar-refractivity contribution is 7.91. The molecular weight excluding hydrogens is 274 g/mol. The molecule has 0 aliphatic heterocycles. The Kier molecular flexibility index (Phi) is 6.65. The van der Waals surface area contributed by atoms with Crippen LogP contribution < -0.4 is 0 Å². The second-order valence-corrected chi connectivity index (χ2v) is 7.54. The maximum atomic E-state index is 12.1. The average Bonchev–Trinajstić information content (AvgIpc) is 2.36. The van der Waals surface area contributed by atoms with Gasteiger partial charge in [0.05, 0.1) is 16.8 Å². The number of aryl methyl sites for hydroxylation is 1. The maximum Gasteiger partial charge on any atom is 0.178 e. The van der Waals surface area contributed by atoms with Gasteiger partial charge in [0.2, 0.25) is 0 Å². The molecule has 1 atom stereocenters. The van der Waals surface area contributed by atoms with Gasteiger partial charge >= 0.3 is 0 Å². The summed E-state index contributed by atoms with van der Waals surface area (Å²) in [6.45, 7) is 5.20. The van der Waals surface area contributed by atoms with Crippen molar-refractivity contribution >= 4 is 9.84 Å². The van der Waals surface area contributed by atoms with Crippen LogP contribution in [0.3, 0.4) is 0 Å². The van der Waals surface area contributed by atoms with Gasteiger partial charge in [-0.1, -0.05) is 17.7 Å². The fraction of sp³-hybridized carbons (Fsp3) is 0.600. The minimum atomic E-state index is -3.18. The second-order valence-electron chi connectivity index (χ2n) is 5.43. The molecule has 0 bridgehead atoms. The topological polar surface area (TPSA) is 57.6 Å². The summed E-state index contributed by atoms with van der Waals surface area (Å²) in [5.74, 6) is 0.162. The molecule has 1 rings (SSSR count). The number of benzene rings is 1. The Labute approximate surface area is 122 Å². The summed E-state index contributed by atoms with van der Waals surface area (Å²) in [6.07, 6.45) is 1.00. The van der Waals surface area contributed by atoms with E-state index in [0.717, 1.165) is 18.7 Å². The third kappa shape index (κ3) is 6.03. The van der Waals surface area contributed by atoms with E-state index in [-0.39, 0.29) is 11.9 Å². The Balaban J connectivity index is 2.42. The molecule has 0 amide bonds. The molecule has 4 nitrogen and oxygen atoms in total. The number of rotatable bonds is 8. The standard InChI is InChI=1S/C15H25NO3S/c1-13-5-7-15(8-6-13)20(18,19)12-4-10-16(3)11-9-14(2)17/h5-8,14,17H,4,9-12H2,1-3H3. The highest BCUT2D eigenvalue weighted by Gasteiger charge is 2.14. The van der Waals surface area contributed by atoms with Crippen LogP contribution in [0.15, 0.2) is 29.2 Å². The molecule has 1 aromatic rings. The lowest BCUT2D eigenvalue weighted by atomic mass is 10.2. The summed E-state index contributed by atoms with van der Waals surface area (Å²) in [5.41, 5.74) is 1.06. The first kappa shape index (κ1) is 17.1. The first-order chi connectivity index (χ1) is 9.31.